The maximum atomic E-state index is 13.0. The lowest BCUT2D eigenvalue weighted by molar-refractivity contribution is -0.120. The monoisotopic (exact) mass is 487 g/mol. The van der Waals surface area contributed by atoms with E-state index in [1.807, 2.05) is 19.1 Å². The number of rotatable bonds is 4. The summed E-state index contributed by atoms with van der Waals surface area (Å²) < 4.78 is 5.64. The summed E-state index contributed by atoms with van der Waals surface area (Å²) in [5, 5.41) is 10.9. The fourth-order valence-electron chi connectivity index (χ4n) is 5.88. The molecule has 4 heterocycles. The zero-order valence-electron chi connectivity index (χ0n) is 20.3. The molecule has 2 fully saturated rings. The second kappa shape index (κ2) is 8.61. The Labute approximate surface area is 208 Å². The standard InChI is InChI=1S/C26H29N7O3/c1-12-18(10-30-26-23(12)28-5-6-36-26)20-7-14-8-21(29-11-19(14)24(27)32-20)33-25(35)22-16-4-3-15(9-17(16)22)31-13(2)34/h7-8,10-11,15-17,22,28H,3-6,9H2,1-2H3,(H2,27,32)(H,31,34)(H,29,33,35)/t15-,16+,17-,22+/m1/s1. The summed E-state index contributed by atoms with van der Waals surface area (Å²) >= 11 is 0. The molecular weight excluding hydrogens is 458 g/mol. The molecule has 6 rings (SSSR count). The van der Waals surface area contributed by atoms with Crippen LogP contribution in [0.15, 0.2) is 24.5 Å². The maximum Gasteiger partial charge on any atom is 0.237 e. The SMILES string of the molecule is CC(=O)N[C@@H]1CC[C@H]2[C@@H](C1)[C@H]2C(=O)Nc1cc2cc(-c3cnc4c(c3C)NCCO4)nc(N)c2cn1. The number of hydrogen-bond donors (Lipinski definition) is 4. The third kappa shape index (κ3) is 3.96. The number of aromatic nitrogens is 3. The van der Waals surface area contributed by atoms with Gasteiger partial charge in [-0.05, 0) is 61.1 Å². The molecule has 10 heteroatoms. The lowest BCUT2D eigenvalue weighted by Gasteiger charge is -2.21. The molecule has 0 radical (unpaired) electrons. The summed E-state index contributed by atoms with van der Waals surface area (Å²) in [5.41, 5.74) is 9.70. The highest BCUT2D eigenvalue weighted by atomic mass is 16.5. The number of nitrogens with zero attached hydrogens (tertiary/aromatic N) is 3. The van der Waals surface area contributed by atoms with Crippen LogP contribution in [0.2, 0.25) is 0 Å². The first-order chi connectivity index (χ1) is 17.4. The molecule has 3 aliphatic rings. The molecule has 2 saturated carbocycles. The summed E-state index contributed by atoms with van der Waals surface area (Å²) in [4.78, 5) is 37.9. The molecule has 4 atom stereocenters. The van der Waals surface area contributed by atoms with Crippen LogP contribution in [-0.2, 0) is 9.59 Å². The Morgan fingerprint density at radius 1 is 1.17 bits per heavy atom. The molecular formula is C26H29N7O3. The Morgan fingerprint density at radius 2 is 2.03 bits per heavy atom. The molecule has 0 bridgehead atoms. The number of fused-ring (bicyclic) bond motifs is 3. The van der Waals surface area contributed by atoms with Gasteiger partial charge in [-0.2, -0.15) is 0 Å². The van der Waals surface area contributed by atoms with Crippen LogP contribution >= 0.6 is 0 Å². The van der Waals surface area contributed by atoms with Crippen LogP contribution in [0.1, 0.15) is 31.7 Å². The van der Waals surface area contributed by atoms with Gasteiger partial charge >= 0.3 is 0 Å². The van der Waals surface area contributed by atoms with Gasteiger partial charge < -0.3 is 26.4 Å². The Morgan fingerprint density at radius 3 is 2.86 bits per heavy atom. The van der Waals surface area contributed by atoms with Gasteiger partial charge in [0, 0.05) is 48.8 Å². The number of ether oxygens (including phenoxy) is 1. The van der Waals surface area contributed by atoms with Crippen molar-refractivity contribution < 1.29 is 14.3 Å². The molecule has 10 nitrogen and oxygen atoms in total. The molecule has 3 aromatic rings. The Bertz CT molecular complexity index is 1390. The van der Waals surface area contributed by atoms with Gasteiger partial charge in [-0.1, -0.05) is 0 Å². The van der Waals surface area contributed by atoms with Crippen molar-refractivity contribution in [2.45, 2.75) is 39.2 Å². The van der Waals surface area contributed by atoms with E-state index in [2.05, 4.69) is 30.9 Å². The number of nitrogens with two attached hydrogens (primary N) is 1. The fraction of sp³-hybridized carbons (Fsp3) is 0.423. The van der Waals surface area contributed by atoms with Crippen LogP contribution in [-0.4, -0.2) is 46.0 Å². The van der Waals surface area contributed by atoms with Gasteiger partial charge in [0.25, 0.3) is 0 Å². The number of nitrogens with one attached hydrogen (secondary N) is 3. The van der Waals surface area contributed by atoms with E-state index in [4.69, 9.17) is 10.5 Å². The van der Waals surface area contributed by atoms with Crippen LogP contribution in [0.25, 0.3) is 22.0 Å². The topological polar surface area (TPSA) is 144 Å². The highest BCUT2D eigenvalue weighted by molar-refractivity contribution is 5.99. The van der Waals surface area contributed by atoms with Crippen molar-refractivity contribution in [3.8, 4) is 17.1 Å². The minimum atomic E-state index is -0.0294. The number of anilines is 3. The van der Waals surface area contributed by atoms with E-state index >= 15 is 0 Å². The largest absolute Gasteiger partial charge is 0.474 e. The van der Waals surface area contributed by atoms with Crippen LogP contribution in [0, 0.1) is 24.7 Å². The van der Waals surface area contributed by atoms with Crippen molar-refractivity contribution in [2.75, 3.05) is 29.5 Å². The number of carbonyl (C=O) groups is 2. The Kier molecular flexibility index (Phi) is 5.39. The summed E-state index contributed by atoms with van der Waals surface area (Å²) in [7, 11) is 0. The molecule has 5 N–H and O–H groups in total. The maximum absolute atomic E-state index is 13.0. The molecule has 0 aromatic carbocycles. The molecule has 1 aliphatic heterocycles. The molecule has 2 aliphatic carbocycles. The Balaban J connectivity index is 1.23. The number of carbonyl (C=O) groups excluding carboxylic acids is 2. The van der Waals surface area contributed by atoms with Gasteiger partial charge in [-0.15, -0.1) is 0 Å². The highest BCUT2D eigenvalue weighted by Crippen LogP contribution is 2.55. The highest BCUT2D eigenvalue weighted by Gasteiger charge is 2.56. The van der Waals surface area contributed by atoms with Crippen molar-refractivity contribution in [3.05, 3.63) is 30.1 Å². The number of amides is 2. The van der Waals surface area contributed by atoms with Crippen LogP contribution in [0.3, 0.4) is 0 Å². The first-order valence-corrected chi connectivity index (χ1v) is 12.4. The predicted molar refractivity (Wildman–Crippen MR) is 136 cm³/mol. The van der Waals surface area contributed by atoms with Crippen molar-refractivity contribution >= 4 is 39.9 Å². The summed E-state index contributed by atoms with van der Waals surface area (Å²) in [6.07, 6.45) is 6.14. The van der Waals surface area contributed by atoms with Crippen molar-refractivity contribution in [2.24, 2.45) is 17.8 Å². The van der Waals surface area contributed by atoms with Crippen molar-refractivity contribution in [1.82, 2.24) is 20.3 Å². The van der Waals surface area contributed by atoms with Crippen LogP contribution in [0.5, 0.6) is 5.88 Å². The van der Waals surface area contributed by atoms with E-state index in [0.717, 1.165) is 53.4 Å². The molecule has 36 heavy (non-hydrogen) atoms. The second-order valence-corrected chi connectivity index (χ2v) is 9.99. The average molecular weight is 488 g/mol. The van der Waals surface area contributed by atoms with Gasteiger partial charge in [-0.3, -0.25) is 9.59 Å². The second-order valence-electron chi connectivity index (χ2n) is 9.99. The van der Waals surface area contributed by atoms with E-state index in [1.165, 1.54) is 6.92 Å². The van der Waals surface area contributed by atoms with E-state index in [1.54, 1.807) is 12.4 Å². The van der Waals surface area contributed by atoms with Gasteiger partial charge in [0.2, 0.25) is 17.7 Å². The quantitative estimate of drug-likeness (QED) is 0.440. The summed E-state index contributed by atoms with van der Waals surface area (Å²) in [6.45, 7) is 4.84. The summed E-state index contributed by atoms with van der Waals surface area (Å²) in [5.74, 6) is 2.10. The van der Waals surface area contributed by atoms with Crippen LogP contribution in [0.4, 0.5) is 17.3 Å². The van der Waals surface area contributed by atoms with Crippen molar-refractivity contribution in [3.63, 3.8) is 0 Å². The van der Waals surface area contributed by atoms with E-state index in [0.29, 0.717) is 41.7 Å². The molecule has 2 amide bonds. The number of nitrogen functional groups attached to an aromatic ring is 1. The summed E-state index contributed by atoms with van der Waals surface area (Å²) in [6, 6.07) is 3.94. The van der Waals surface area contributed by atoms with Gasteiger partial charge in [0.15, 0.2) is 0 Å². The zero-order valence-corrected chi connectivity index (χ0v) is 20.3. The first-order valence-electron chi connectivity index (χ1n) is 12.4. The molecule has 3 aromatic heterocycles. The van der Waals surface area contributed by atoms with E-state index in [-0.39, 0.29) is 23.8 Å². The van der Waals surface area contributed by atoms with Gasteiger partial charge in [-0.25, -0.2) is 15.0 Å². The molecule has 0 unspecified atom stereocenters. The fourth-order valence-corrected chi connectivity index (χ4v) is 5.88. The normalized spacial score (nSPS) is 24.1. The minimum Gasteiger partial charge on any atom is -0.474 e. The molecule has 0 spiro atoms. The van der Waals surface area contributed by atoms with Crippen molar-refractivity contribution in [1.29, 1.82) is 0 Å². The van der Waals surface area contributed by atoms with E-state index in [9.17, 15) is 9.59 Å². The van der Waals surface area contributed by atoms with Gasteiger partial charge in [0.05, 0.1) is 5.69 Å². The number of hydrogen-bond acceptors (Lipinski definition) is 8. The number of pyridine rings is 3. The van der Waals surface area contributed by atoms with Crippen LogP contribution < -0.4 is 26.4 Å². The molecule has 186 valence electrons. The smallest absolute Gasteiger partial charge is 0.237 e. The zero-order chi connectivity index (χ0) is 25.0. The lowest BCUT2D eigenvalue weighted by Crippen LogP contribution is -2.35. The average Bonchev–Trinajstić information content (AvgIpc) is 3.57. The Hall–Kier alpha value is -3.95. The third-order valence-electron chi connectivity index (χ3n) is 7.67. The minimum absolute atomic E-state index is 0.0108. The van der Waals surface area contributed by atoms with E-state index < -0.39 is 0 Å². The molecule has 0 saturated heterocycles. The lowest BCUT2D eigenvalue weighted by atomic mass is 9.95. The third-order valence-corrected chi connectivity index (χ3v) is 7.67. The van der Waals surface area contributed by atoms with Gasteiger partial charge in [0.1, 0.15) is 23.9 Å². The predicted octanol–water partition coefficient (Wildman–Crippen LogP) is 2.88. The first kappa shape index (κ1) is 22.5.